The third kappa shape index (κ3) is 11.9. The van der Waals surface area contributed by atoms with Gasteiger partial charge in [0, 0.05) is 17.7 Å². The van der Waals surface area contributed by atoms with E-state index in [1.165, 1.54) is 64.2 Å². The third-order valence-electron chi connectivity index (χ3n) is 5.00. The quantitative estimate of drug-likeness (QED) is 0.359. The fourth-order valence-corrected chi connectivity index (χ4v) is 4.19. The Bertz CT molecular complexity index is 288. The maximum atomic E-state index is 6.19. The Balaban J connectivity index is 0.00000529. The number of halogens is 1. The summed E-state index contributed by atoms with van der Waals surface area (Å²) in [6.07, 6.45) is 16.6. The summed E-state index contributed by atoms with van der Waals surface area (Å²) in [6.45, 7) is 12.4. The van der Waals surface area contributed by atoms with Crippen LogP contribution in [0.1, 0.15) is 112 Å². The first-order valence-electron chi connectivity index (χ1n) is 10.3. The van der Waals surface area contributed by atoms with E-state index >= 15 is 0 Å². The van der Waals surface area contributed by atoms with Crippen LogP contribution in [0, 0.1) is 0 Å². The van der Waals surface area contributed by atoms with Gasteiger partial charge in [-0.1, -0.05) is 64.7 Å². The van der Waals surface area contributed by atoms with Crippen molar-refractivity contribution in [1.29, 1.82) is 0 Å². The molecule has 0 saturated carbocycles. The predicted molar refractivity (Wildman–Crippen MR) is 112 cm³/mol. The zero-order valence-corrected chi connectivity index (χ0v) is 18.8. The van der Waals surface area contributed by atoms with Crippen LogP contribution in [0.3, 0.4) is 0 Å². The van der Waals surface area contributed by atoms with Crippen LogP contribution in [-0.4, -0.2) is 23.8 Å². The van der Waals surface area contributed by atoms with Crippen LogP contribution < -0.4 is 5.32 Å². The number of nitrogens with one attached hydrogen (secondary N) is 1. The van der Waals surface area contributed by atoms with Crippen molar-refractivity contribution >= 4 is 17.0 Å². The van der Waals surface area contributed by atoms with Crippen LogP contribution in [0.15, 0.2) is 0 Å². The Morgan fingerprint density at radius 3 is 1.62 bits per heavy atom. The highest BCUT2D eigenvalue weighted by Gasteiger charge is 2.37. The molecule has 1 rings (SSSR count). The number of ether oxygens (including phenoxy) is 1. The minimum absolute atomic E-state index is 0. The molecule has 3 heteroatoms. The molecule has 2 nitrogen and oxygen atoms in total. The number of rotatable bonds is 12. The standard InChI is InChI=1S/C21H43NO.BrH/c1-6-7-8-9-10-11-12-13-14-15-16-23-19-17-20(2,3)22-21(4,5)18-19;/h19,22H,6-18H2,1-5H3;1H. The smallest absolute Gasteiger partial charge is 0.0609 e. The lowest BCUT2D eigenvalue weighted by Gasteiger charge is -2.46. The van der Waals surface area contributed by atoms with Gasteiger partial charge < -0.3 is 10.1 Å². The topological polar surface area (TPSA) is 21.3 Å². The van der Waals surface area contributed by atoms with E-state index in [4.69, 9.17) is 4.74 Å². The average molecular weight is 406 g/mol. The fourth-order valence-electron chi connectivity index (χ4n) is 4.19. The second-order valence-electron chi connectivity index (χ2n) is 8.98. The summed E-state index contributed by atoms with van der Waals surface area (Å²) in [6, 6.07) is 0. The fraction of sp³-hybridized carbons (Fsp3) is 1.00. The molecule has 0 atom stereocenters. The van der Waals surface area contributed by atoms with Crippen LogP contribution in [0.25, 0.3) is 0 Å². The number of hydrogen-bond acceptors (Lipinski definition) is 2. The molecule has 1 heterocycles. The van der Waals surface area contributed by atoms with Crippen molar-refractivity contribution in [2.45, 2.75) is 129 Å². The van der Waals surface area contributed by atoms with Gasteiger partial charge >= 0.3 is 0 Å². The summed E-state index contributed by atoms with van der Waals surface area (Å²) in [5.41, 5.74) is 0.397. The zero-order chi connectivity index (χ0) is 17.2. The molecule has 1 saturated heterocycles. The zero-order valence-electron chi connectivity index (χ0n) is 17.1. The maximum absolute atomic E-state index is 6.19. The van der Waals surface area contributed by atoms with Gasteiger partial charge in [0.2, 0.25) is 0 Å². The van der Waals surface area contributed by atoms with E-state index in [1.807, 2.05) is 0 Å². The Kier molecular flexibility index (Phi) is 12.9. The van der Waals surface area contributed by atoms with Gasteiger partial charge in [0.05, 0.1) is 6.10 Å². The van der Waals surface area contributed by atoms with Gasteiger partial charge in [-0.05, 0) is 47.0 Å². The summed E-state index contributed by atoms with van der Waals surface area (Å²) < 4.78 is 6.19. The predicted octanol–water partition coefficient (Wildman–Crippen LogP) is 6.81. The van der Waals surface area contributed by atoms with E-state index in [9.17, 15) is 0 Å². The molecule has 0 aromatic rings. The molecule has 0 aromatic heterocycles. The van der Waals surface area contributed by atoms with Crippen molar-refractivity contribution in [3.63, 3.8) is 0 Å². The molecule has 0 amide bonds. The first-order valence-corrected chi connectivity index (χ1v) is 10.3. The van der Waals surface area contributed by atoms with E-state index in [0.717, 1.165) is 19.4 Å². The Hall–Kier alpha value is 0.400. The minimum atomic E-state index is 0. The van der Waals surface area contributed by atoms with Gasteiger partial charge in [0.25, 0.3) is 0 Å². The molecule has 0 unspecified atom stereocenters. The molecule has 1 aliphatic rings. The van der Waals surface area contributed by atoms with Gasteiger partial charge in [-0.15, -0.1) is 17.0 Å². The molecule has 0 aliphatic carbocycles. The van der Waals surface area contributed by atoms with Crippen molar-refractivity contribution in [2.75, 3.05) is 6.61 Å². The van der Waals surface area contributed by atoms with Gasteiger partial charge in [0.1, 0.15) is 0 Å². The second kappa shape index (κ2) is 12.7. The van der Waals surface area contributed by atoms with Crippen molar-refractivity contribution < 1.29 is 4.74 Å². The molecule has 1 fully saturated rings. The summed E-state index contributed by atoms with van der Waals surface area (Å²) in [5.74, 6) is 0. The monoisotopic (exact) mass is 405 g/mol. The van der Waals surface area contributed by atoms with Crippen LogP contribution in [0.2, 0.25) is 0 Å². The summed E-state index contributed by atoms with van der Waals surface area (Å²) in [7, 11) is 0. The van der Waals surface area contributed by atoms with Gasteiger partial charge in [-0.2, -0.15) is 0 Å². The van der Waals surface area contributed by atoms with E-state index in [1.54, 1.807) is 0 Å². The first-order chi connectivity index (χ1) is 10.8. The largest absolute Gasteiger partial charge is 0.378 e. The summed E-state index contributed by atoms with van der Waals surface area (Å²) >= 11 is 0. The maximum Gasteiger partial charge on any atom is 0.0609 e. The van der Waals surface area contributed by atoms with Crippen LogP contribution in [0.4, 0.5) is 0 Å². The first kappa shape index (κ1) is 24.4. The van der Waals surface area contributed by atoms with E-state index < -0.39 is 0 Å². The van der Waals surface area contributed by atoms with Crippen molar-refractivity contribution in [3.05, 3.63) is 0 Å². The van der Waals surface area contributed by atoms with Gasteiger partial charge in [-0.25, -0.2) is 0 Å². The van der Waals surface area contributed by atoms with Gasteiger partial charge in [0.15, 0.2) is 0 Å². The molecule has 0 spiro atoms. The van der Waals surface area contributed by atoms with E-state index in [0.29, 0.717) is 6.10 Å². The Morgan fingerprint density at radius 2 is 1.17 bits per heavy atom. The average Bonchev–Trinajstić information content (AvgIpc) is 2.41. The minimum Gasteiger partial charge on any atom is -0.378 e. The highest BCUT2D eigenvalue weighted by molar-refractivity contribution is 8.93. The molecule has 0 radical (unpaired) electrons. The molecule has 0 aromatic carbocycles. The SMILES string of the molecule is Br.CCCCCCCCCCCCOC1CC(C)(C)NC(C)(C)C1. The molecular weight excluding hydrogens is 362 g/mol. The van der Waals surface area contributed by atoms with Crippen LogP contribution in [0.5, 0.6) is 0 Å². The number of unbranched alkanes of at least 4 members (excludes halogenated alkanes) is 9. The third-order valence-corrected chi connectivity index (χ3v) is 5.00. The summed E-state index contributed by atoms with van der Waals surface area (Å²) in [5, 5.41) is 3.72. The highest BCUT2D eigenvalue weighted by atomic mass is 79.9. The lowest BCUT2D eigenvalue weighted by Crippen LogP contribution is -2.59. The lowest BCUT2D eigenvalue weighted by molar-refractivity contribution is -0.0228. The van der Waals surface area contributed by atoms with Crippen LogP contribution in [-0.2, 0) is 4.74 Å². The number of hydrogen-bond donors (Lipinski definition) is 1. The van der Waals surface area contributed by atoms with Crippen molar-refractivity contribution in [2.24, 2.45) is 0 Å². The van der Waals surface area contributed by atoms with Crippen molar-refractivity contribution in [3.8, 4) is 0 Å². The molecule has 1 N–H and O–H groups in total. The lowest BCUT2D eigenvalue weighted by atomic mass is 9.81. The van der Waals surface area contributed by atoms with E-state index in [2.05, 4.69) is 39.9 Å². The van der Waals surface area contributed by atoms with E-state index in [-0.39, 0.29) is 28.1 Å². The normalized spacial score (nSPS) is 19.9. The molecule has 24 heavy (non-hydrogen) atoms. The Morgan fingerprint density at radius 1 is 0.750 bits per heavy atom. The highest BCUT2D eigenvalue weighted by Crippen LogP contribution is 2.30. The summed E-state index contributed by atoms with van der Waals surface area (Å²) in [4.78, 5) is 0. The van der Waals surface area contributed by atoms with Crippen LogP contribution >= 0.6 is 17.0 Å². The number of piperidine rings is 1. The molecular formula is C21H44BrNO. The van der Waals surface area contributed by atoms with Crippen molar-refractivity contribution in [1.82, 2.24) is 5.32 Å². The molecule has 0 bridgehead atoms. The molecule has 1 aliphatic heterocycles. The Labute approximate surface area is 162 Å². The van der Waals surface area contributed by atoms with Gasteiger partial charge in [-0.3, -0.25) is 0 Å². The molecule has 146 valence electrons. The second-order valence-corrected chi connectivity index (χ2v) is 8.98.